The number of nitrogens with zero attached hydrogens (tertiary/aromatic N) is 2. The third-order valence-electron chi connectivity index (χ3n) is 3.21. The molecular formula is C14H12ClN3O3. The summed E-state index contributed by atoms with van der Waals surface area (Å²) in [7, 11) is 0. The molecule has 1 N–H and O–H groups in total. The van der Waals surface area contributed by atoms with Crippen LogP contribution in [0.4, 0.5) is 5.69 Å². The van der Waals surface area contributed by atoms with E-state index in [1.54, 1.807) is 0 Å². The molecule has 0 bridgehead atoms. The number of hydrogen-bond donors (Lipinski definition) is 1. The van der Waals surface area contributed by atoms with Crippen molar-refractivity contribution in [2.45, 2.75) is 25.8 Å². The lowest BCUT2D eigenvalue weighted by Crippen LogP contribution is -2.44. The zero-order chi connectivity index (χ0) is 15.6. The van der Waals surface area contributed by atoms with Gasteiger partial charge in [0.15, 0.2) is 0 Å². The lowest BCUT2D eigenvalue weighted by atomic mass is 10.2. The fraction of sp³-hybridized carbons (Fsp3) is 0.286. The van der Waals surface area contributed by atoms with Crippen molar-refractivity contribution in [1.82, 2.24) is 4.90 Å². The van der Waals surface area contributed by atoms with Gasteiger partial charge >= 0.3 is 0 Å². The molecule has 1 unspecified atom stereocenters. The minimum absolute atomic E-state index is 0.138. The van der Waals surface area contributed by atoms with Crippen LogP contribution in [0.15, 0.2) is 18.2 Å². The van der Waals surface area contributed by atoms with Gasteiger partial charge in [0.2, 0.25) is 17.7 Å². The maximum absolute atomic E-state index is 12.1. The maximum Gasteiger partial charge on any atom is 0.247 e. The Bertz CT molecular complexity index is 650. The number of amides is 3. The molecule has 1 heterocycles. The predicted molar refractivity (Wildman–Crippen MR) is 75.3 cm³/mol. The zero-order valence-corrected chi connectivity index (χ0v) is 12.0. The van der Waals surface area contributed by atoms with Crippen molar-refractivity contribution in [3.63, 3.8) is 0 Å². The smallest absolute Gasteiger partial charge is 0.247 e. The number of rotatable bonds is 3. The molecule has 6 nitrogen and oxygen atoms in total. The second-order valence-corrected chi connectivity index (χ2v) is 5.04. The molecule has 1 aromatic carbocycles. The van der Waals surface area contributed by atoms with E-state index < -0.39 is 11.9 Å². The fourth-order valence-electron chi connectivity index (χ4n) is 2.07. The van der Waals surface area contributed by atoms with Gasteiger partial charge in [0.05, 0.1) is 10.6 Å². The number of imide groups is 1. The van der Waals surface area contributed by atoms with E-state index in [1.807, 2.05) is 6.07 Å². The van der Waals surface area contributed by atoms with E-state index >= 15 is 0 Å². The molecule has 108 valence electrons. The van der Waals surface area contributed by atoms with Crippen molar-refractivity contribution in [2.75, 3.05) is 5.32 Å². The van der Waals surface area contributed by atoms with Crippen LogP contribution in [0.1, 0.15) is 25.3 Å². The monoisotopic (exact) mass is 305 g/mol. The molecule has 3 amide bonds. The summed E-state index contributed by atoms with van der Waals surface area (Å²) in [6.45, 7) is 1.49. The highest BCUT2D eigenvalue weighted by Crippen LogP contribution is 2.21. The molecule has 7 heteroatoms. The summed E-state index contributed by atoms with van der Waals surface area (Å²) in [6, 6.07) is 5.48. The SMILES string of the molecule is CC(C(=O)Nc1ccc(C#N)c(Cl)c1)N1C(=O)CCC1=O. The summed E-state index contributed by atoms with van der Waals surface area (Å²) >= 11 is 5.87. The van der Waals surface area contributed by atoms with Crippen LogP contribution >= 0.6 is 11.6 Å². The highest BCUT2D eigenvalue weighted by molar-refractivity contribution is 6.32. The fourth-order valence-corrected chi connectivity index (χ4v) is 2.30. The van der Waals surface area contributed by atoms with Gasteiger partial charge in [-0.15, -0.1) is 0 Å². The number of benzene rings is 1. The molecule has 0 aromatic heterocycles. The summed E-state index contributed by atoms with van der Waals surface area (Å²) in [5.41, 5.74) is 0.697. The topological polar surface area (TPSA) is 90.3 Å². The van der Waals surface area contributed by atoms with E-state index in [2.05, 4.69) is 5.32 Å². The van der Waals surface area contributed by atoms with Gasteiger partial charge in [-0.2, -0.15) is 5.26 Å². The summed E-state index contributed by atoms with van der Waals surface area (Å²) in [6.07, 6.45) is 0.276. The van der Waals surface area contributed by atoms with Crippen molar-refractivity contribution in [1.29, 1.82) is 5.26 Å². The molecule has 1 aliphatic heterocycles. The first-order chi connectivity index (χ1) is 9.93. The molecule has 0 saturated carbocycles. The number of nitrogens with one attached hydrogen (secondary N) is 1. The molecule has 1 saturated heterocycles. The lowest BCUT2D eigenvalue weighted by molar-refractivity contribution is -0.144. The average molecular weight is 306 g/mol. The minimum Gasteiger partial charge on any atom is -0.324 e. The zero-order valence-electron chi connectivity index (χ0n) is 11.2. The third-order valence-corrected chi connectivity index (χ3v) is 3.53. The van der Waals surface area contributed by atoms with Crippen molar-refractivity contribution >= 4 is 35.0 Å². The van der Waals surface area contributed by atoms with E-state index in [4.69, 9.17) is 16.9 Å². The molecular weight excluding hydrogens is 294 g/mol. The second kappa shape index (κ2) is 5.94. The molecule has 1 aliphatic rings. The van der Waals surface area contributed by atoms with Crippen LogP contribution in [0.25, 0.3) is 0 Å². The van der Waals surface area contributed by atoms with E-state index in [9.17, 15) is 14.4 Å². The van der Waals surface area contributed by atoms with Gasteiger partial charge in [-0.3, -0.25) is 19.3 Å². The number of hydrogen-bond acceptors (Lipinski definition) is 4. The Kier molecular flexibility index (Phi) is 4.24. The highest BCUT2D eigenvalue weighted by Gasteiger charge is 2.36. The van der Waals surface area contributed by atoms with E-state index in [-0.39, 0.29) is 29.7 Å². The Hall–Kier alpha value is -2.39. The maximum atomic E-state index is 12.1. The van der Waals surface area contributed by atoms with Crippen LogP contribution < -0.4 is 5.32 Å². The van der Waals surface area contributed by atoms with E-state index in [0.29, 0.717) is 11.3 Å². The molecule has 1 atom stereocenters. The molecule has 0 spiro atoms. The quantitative estimate of drug-likeness (QED) is 0.860. The first-order valence-corrected chi connectivity index (χ1v) is 6.67. The van der Waals surface area contributed by atoms with Crippen molar-refractivity contribution in [3.05, 3.63) is 28.8 Å². The van der Waals surface area contributed by atoms with Crippen molar-refractivity contribution in [2.24, 2.45) is 0 Å². The Morgan fingerprint density at radius 2 is 2.00 bits per heavy atom. The standard InChI is InChI=1S/C14H12ClN3O3/c1-8(18-12(19)4-5-13(18)20)14(21)17-10-3-2-9(7-16)11(15)6-10/h2-3,6,8H,4-5H2,1H3,(H,17,21). The van der Waals surface area contributed by atoms with Crippen molar-refractivity contribution in [3.8, 4) is 6.07 Å². The summed E-state index contributed by atoms with van der Waals surface area (Å²) in [4.78, 5) is 36.2. The number of likely N-dealkylation sites (tertiary alicyclic amines) is 1. The molecule has 0 aliphatic carbocycles. The molecule has 0 radical (unpaired) electrons. The van der Waals surface area contributed by atoms with Gasteiger partial charge in [-0.05, 0) is 25.1 Å². The Morgan fingerprint density at radius 3 is 2.52 bits per heavy atom. The number of nitriles is 1. The van der Waals surface area contributed by atoms with Crippen LogP contribution in [-0.4, -0.2) is 28.7 Å². The Balaban J connectivity index is 2.11. The largest absolute Gasteiger partial charge is 0.324 e. The molecule has 2 rings (SSSR count). The number of halogens is 1. The number of carbonyl (C=O) groups is 3. The first-order valence-electron chi connectivity index (χ1n) is 6.29. The second-order valence-electron chi connectivity index (χ2n) is 4.63. The number of carbonyl (C=O) groups excluding carboxylic acids is 3. The van der Waals surface area contributed by atoms with Gasteiger partial charge in [0.25, 0.3) is 0 Å². The molecule has 1 fully saturated rings. The third kappa shape index (κ3) is 3.03. The molecule has 21 heavy (non-hydrogen) atoms. The van der Waals surface area contributed by atoms with Gasteiger partial charge < -0.3 is 5.32 Å². The minimum atomic E-state index is -0.887. The molecule has 1 aromatic rings. The van der Waals surface area contributed by atoms with E-state index in [1.165, 1.54) is 25.1 Å². The van der Waals surface area contributed by atoms with Gasteiger partial charge in [0, 0.05) is 18.5 Å². The van der Waals surface area contributed by atoms with Crippen molar-refractivity contribution < 1.29 is 14.4 Å². The van der Waals surface area contributed by atoms with Gasteiger partial charge in [-0.1, -0.05) is 11.6 Å². The average Bonchev–Trinajstić information content (AvgIpc) is 2.77. The number of anilines is 1. The van der Waals surface area contributed by atoms with E-state index in [0.717, 1.165) is 4.90 Å². The summed E-state index contributed by atoms with van der Waals surface area (Å²) < 4.78 is 0. The summed E-state index contributed by atoms with van der Waals surface area (Å²) in [5, 5.41) is 11.6. The normalized spacial score (nSPS) is 15.8. The van der Waals surface area contributed by atoms with Crippen LogP contribution in [0.3, 0.4) is 0 Å². The highest BCUT2D eigenvalue weighted by atomic mass is 35.5. The van der Waals surface area contributed by atoms with Crippen LogP contribution in [0, 0.1) is 11.3 Å². The lowest BCUT2D eigenvalue weighted by Gasteiger charge is -2.21. The van der Waals surface area contributed by atoms with Crippen LogP contribution in [-0.2, 0) is 14.4 Å². The summed E-state index contributed by atoms with van der Waals surface area (Å²) in [5.74, 6) is -1.18. The van der Waals surface area contributed by atoms with Crippen LogP contribution in [0.5, 0.6) is 0 Å². The first kappa shape index (κ1) is 15.0. The van der Waals surface area contributed by atoms with Gasteiger partial charge in [0.1, 0.15) is 12.1 Å². The Morgan fingerprint density at radius 1 is 1.38 bits per heavy atom. The van der Waals surface area contributed by atoms with Gasteiger partial charge in [-0.25, -0.2) is 0 Å². The predicted octanol–water partition coefficient (Wildman–Crippen LogP) is 1.69. The van der Waals surface area contributed by atoms with Crippen LogP contribution in [0.2, 0.25) is 5.02 Å². The Labute approximate surface area is 126 Å².